The van der Waals surface area contributed by atoms with E-state index in [2.05, 4.69) is 9.97 Å². The van der Waals surface area contributed by atoms with Gasteiger partial charge in [-0.05, 0) is 6.07 Å². The number of rotatable bonds is 0. The second-order valence-corrected chi connectivity index (χ2v) is 2.25. The number of nitrogens with one attached hydrogen (secondary N) is 1. The third kappa shape index (κ3) is 0.952. The van der Waals surface area contributed by atoms with Gasteiger partial charge in [-0.1, -0.05) is 0 Å². The first-order chi connectivity index (χ1) is 5.77. The van der Waals surface area contributed by atoms with Crippen LogP contribution in [-0.2, 0) is 0 Å². The zero-order valence-electron chi connectivity index (χ0n) is 5.91. The first-order valence-corrected chi connectivity index (χ1v) is 3.27. The van der Waals surface area contributed by atoms with E-state index in [1.807, 2.05) is 4.98 Å². The van der Waals surface area contributed by atoms with Crippen LogP contribution in [0.3, 0.4) is 0 Å². The van der Waals surface area contributed by atoms with Crippen molar-refractivity contribution in [2.45, 2.75) is 0 Å². The highest BCUT2D eigenvalue weighted by Gasteiger charge is 2.01. The van der Waals surface area contributed by atoms with E-state index < -0.39 is 11.6 Å². The van der Waals surface area contributed by atoms with Crippen molar-refractivity contribution in [1.82, 2.24) is 15.0 Å². The molecule has 0 spiro atoms. The highest BCUT2D eigenvalue weighted by molar-refractivity contribution is 5.76. The fraction of sp³-hybridized carbons (Fsp3) is 0. The number of fused-ring (bicyclic) bond motifs is 1. The van der Waals surface area contributed by atoms with Gasteiger partial charge in [0.1, 0.15) is 0 Å². The molecular formula is C7H4FN3O. The van der Waals surface area contributed by atoms with Gasteiger partial charge in [0.25, 0.3) is 0 Å². The van der Waals surface area contributed by atoms with E-state index in [1.165, 1.54) is 18.5 Å². The van der Waals surface area contributed by atoms with Crippen molar-refractivity contribution < 1.29 is 4.39 Å². The van der Waals surface area contributed by atoms with Crippen molar-refractivity contribution in [3.8, 4) is 0 Å². The van der Waals surface area contributed by atoms with Crippen molar-refractivity contribution in [1.29, 1.82) is 0 Å². The van der Waals surface area contributed by atoms with E-state index in [9.17, 15) is 9.18 Å². The molecule has 0 atom stereocenters. The molecule has 2 rings (SSSR count). The van der Waals surface area contributed by atoms with Gasteiger partial charge in [0, 0.05) is 6.20 Å². The third-order valence-electron chi connectivity index (χ3n) is 1.48. The Morgan fingerprint density at radius 1 is 1.50 bits per heavy atom. The van der Waals surface area contributed by atoms with Crippen molar-refractivity contribution in [2.24, 2.45) is 0 Å². The Morgan fingerprint density at radius 3 is 3.17 bits per heavy atom. The average Bonchev–Trinajstić information content (AvgIpc) is 2.04. The van der Waals surface area contributed by atoms with E-state index in [-0.39, 0.29) is 10.9 Å². The quantitative estimate of drug-likeness (QED) is 0.577. The molecule has 0 aliphatic heterocycles. The number of aromatic nitrogens is 3. The number of hydrogen-bond donors (Lipinski definition) is 1. The van der Waals surface area contributed by atoms with Crippen molar-refractivity contribution >= 4 is 10.9 Å². The van der Waals surface area contributed by atoms with Crippen molar-refractivity contribution in [3.63, 3.8) is 0 Å². The Balaban J connectivity index is 2.99. The Bertz CT molecular complexity index is 479. The third-order valence-corrected chi connectivity index (χ3v) is 1.48. The summed E-state index contributed by atoms with van der Waals surface area (Å²) < 4.78 is 12.9. The molecule has 0 aliphatic carbocycles. The molecule has 1 N–H and O–H groups in total. The summed E-state index contributed by atoms with van der Waals surface area (Å²) >= 11 is 0. The summed E-state index contributed by atoms with van der Waals surface area (Å²) in [6.07, 6.45) is 2.78. The fourth-order valence-corrected chi connectivity index (χ4v) is 0.959. The molecule has 0 aromatic carbocycles. The van der Waals surface area contributed by atoms with Gasteiger partial charge in [0.05, 0.1) is 17.1 Å². The molecule has 4 nitrogen and oxygen atoms in total. The molecule has 0 radical (unpaired) electrons. The molecule has 5 heteroatoms. The molecule has 0 saturated carbocycles. The van der Waals surface area contributed by atoms with Crippen LogP contribution in [0.2, 0.25) is 0 Å². The average molecular weight is 165 g/mol. The zero-order valence-corrected chi connectivity index (χ0v) is 5.91. The lowest BCUT2D eigenvalue weighted by Gasteiger charge is -1.94. The molecule has 2 aromatic rings. The summed E-state index contributed by atoms with van der Waals surface area (Å²) in [6.45, 7) is 0. The summed E-state index contributed by atoms with van der Waals surface area (Å²) in [5.74, 6) is -0.674. The van der Waals surface area contributed by atoms with Crippen LogP contribution in [-0.4, -0.2) is 15.0 Å². The van der Waals surface area contributed by atoms with Crippen molar-refractivity contribution in [3.05, 3.63) is 34.9 Å². The van der Waals surface area contributed by atoms with Gasteiger partial charge >= 0.3 is 5.69 Å². The van der Waals surface area contributed by atoms with Gasteiger partial charge in [-0.2, -0.15) is 9.37 Å². The molecular weight excluding hydrogens is 161 g/mol. The Kier molecular flexibility index (Phi) is 1.36. The van der Waals surface area contributed by atoms with E-state index in [1.54, 1.807) is 0 Å². The SMILES string of the molecule is O=c1nc2cnccc2c(F)[nH]1. The number of halogens is 1. The molecule has 2 aromatic heterocycles. The maximum atomic E-state index is 12.9. The second-order valence-electron chi connectivity index (χ2n) is 2.25. The van der Waals surface area contributed by atoms with Gasteiger partial charge in [0.15, 0.2) is 0 Å². The number of pyridine rings is 1. The number of hydrogen-bond acceptors (Lipinski definition) is 3. The Morgan fingerprint density at radius 2 is 2.33 bits per heavy atom. The predicted octanol–water partition coefficient (Wildman–Crippen LogP) is 0.457. The molecule has 0 unspecified atom stereocenters. The van der Waals surface area contributed by atoms with Gasteiger partial charge in [-0.15, -0.1) is 0 Å². The van der Waals surface area contributed by atoms with Gasteiger partial charge in [0.2, 0.25) is 5.95 Å². The summed E-state index contributed by atoms with van der Waals surface area (Å²) in [5, 5.41) is 0.268. The number of aromatic amines is 1. The van der Waals surface area contributed by atoms with Crippen LogP contribution in [0.5, 0.6) is 0 Å². The molecule has 0 bridgehead atoms. The molecule has 2 heterocycles. The van der Waals surface area contributed by atoms with Crippen LogP contribution in [0, 0.1) is 5.95 Å². The van der Waals surface area contributed by atoms with E-state index >= 15 is 0 Å². The summed E-state index contributed by atoms with van der Waals surface area (Å²) in [6, 6.07) is 1.45. The largest absolute Gasteiger partial charge is 0.347 e. The smallest absolute Gasteiger partial charge is 0.282 e. The highest BCUT2D eigenvalue weighted by atomic mass is 19.1. The van der Waals surface area contributed by atoms with Crippen LogP contribution >= 0.6 is 0 Å². The van der Waals surface area contributed by atoms with E-state index in [0.29, 0.717) is 0 Å². The summed E-state index contributed by atoms with van der Waals surface area (Å²) in [4.78, 5) is 19.9. The van der Waals surface area contributed by atoms with E-state index in [0.717, 1.165) is 0 Å². The van der Waals surface area contributed by atoms with E-state index in [4.69, 9.17) is 0 Å². The molecule has 60 valence electrons. The zero-order chi connectivity index (χ0) is 8.55. The maximum Gasteiger partial charge on any atom is 0.347 e. The lowest BCUT2D eigenvalue weighted by molar-refractivity contribution is 0.588. The minimum Gasteiger partial charge on any atom is -0.282 e. The lowest BCUT2D eigenvalue weighted by Crippen LogP contribution is -2.11. The van der Waals surface area contributed by atoms with Crippen LogP contribution in [0.4, 0.5) is 4.39 Å². The van der Waals surface area contributed by atoms with Crippen LogP contribution in [0.1, 0.15) is 0 Å². The van der Waals surface area contributed by atoms with Gasteiger partial charge in [-0.25, -0.2) is 4.79 Å². The van der Waals surface area contributed by atoms with Crippen LogP contribution in [0.15, 0.2) is 23.3 Å². The summed E-state index contributed by atoms with van der Waals surface area (Å²) in [7, 11) is 0. The topological polar surface area (TPSA) is 58.6 Å². The molecule has 0 amide bonds. The number of nitrogens with zero attached hydrogens (tertiary/aromatic N) is 2. The lowest BCUT2D eigenvalue weighted by atomic mass is 10.3. The highest BCUT2D eigenvalue weighted by Crippen LogP contribution is 2.08. The molecule has 12 heavy (non-hydrogen) atoms. The Hall–Kier alpha value is -1.78. The fourth-order valence-electron chi connectivity index (χ4n) is 0.959. The minimum absolute atomic E-state index is 0.263. The standard InChI is InChI=1S/C7H4FN3O/c8-6-4-1-2-9-3-5(4)10-7(12)11-6/h1-3H,(H,10,11,12). The van der Waals surface area contributed by atoms with Crippen LogP contribution in [0.25, 0.3) is 10.9 Å². The van der Waals surface area contributed by atoms with Gasteiger partial charge in [-0.3, -0.25) is 9.97 Å². The maximum absolute atomic E-state index is 12.9. The second kappa shape index (κ2) is 2.37. The molecule has 0 fully saturated rings. The molecule has 0 aliphatic rings. The van der Waals surface area contributed by atoms with Crippen LogP contribution < -0.4 is 5.69 Å². The monoisotopic (exact) mass is 165 g/mol. The first-order valence-electron chi connectivity index (χ1n) is 3.27. The predicted molar refractivity (Wildman–Crippen MR) is 40.1 cm³/mol. The molecule has 0 saturated heterocycles. The van der Waals surface area contributed by atoms with Gasteiger partial charge < -0.3 is 0 Å². The summed E-state index contributed by atoms with van der Waals surface area (Å²) in [5.41, 5.74) is -0.438. The first kappa shape index (κ1) is 6.90. The van der Waals surface area contributed by atoms with Crippen molar-refractivity contribution in [2.75, 3.05) is 0 Å². The number of H-pyrrole nitrogens is 1. The minimum atomic E-state index is -0.701. The Labute approximate surface area is 66.1 Å². The normalized spacial score (nSPS) is 10.4.